The van der Waals surface area contributed by atoms with Crippen LogP contribution in [-0.4, -0.2) is 6.04 Å². The molecular formula is C17H26BrN. The highest BCUT2D eigenvalue weighted by atomic mass is 79.9. The molecule has 0 saturated heterocycles. The van der Waals surface area contributed by atoms with Gasteiger partial charge in [-0.05, 0) is 48.8 Å². The Morgan fingerprint density at radius 2 is 2.00 bits per heavy atom. The van der Waals surface area contributed by atoms with E-state index in [9.17, 15) is 0 Å². The van der Waals surface area contributed by atoms with Crippen molar-refractivity contribution >= 4 is 15.9 Å². The summed E-state index contributed by atoms with van der Waals surface area (Å²) >= 11 is 3.62. The Bertz CT molecular complexity index is 414. The number of hydrogen-bond acceptors (Lipinski definition) is 1. The molecule has 0 heterocycles. The van der Waals surface area contributed by atoms with Crippen LogP contribution in [0.4, 0.5) is 0 Å². The zero-order valence-electron chi connectivity index (χ0n) is 12.4. The summed E-state index contributed by atoms with van der Waals surface area (Å²) in [7, 11) is 0. The third kappa shape index (κ3) is 4.06. The van der Waals surface area contributed by atoms with E-state index in [1.165, 1.54) is 41.3 Å². The standard InChI is InChI=1S/C17H26BrN/c1-12(2)15-6-4-5-7-17(15)19-11-14-9-8-13(3)16(18)10-14/h8-10,12,15,17,19H,4-7,11H2,1-3H3. The zero-order valence-corrected chi connectivity index (χ0v) is 14.0. The van der Waals surface area contributed by atoms with Crippen molar-refractivity contribution < 1.29 is 0 Å². The smallest absolute Gasteiger partial charge is 0.0208 e. The Labute approximate surface area is 126 Å². The monoisotopic (exact) mass is 323 g/mol. The average Bonchev–Trinajstić information content (AvgIpc) is 2.40. The number of aryl methyl sites for hydroxylation is 1. The lowest BCUT2D eigenvalue weighted by Crippen LogP contribution is -2.40. The molecule has 106 valence electrons. The lowest BCUT2D eigenvalue weighted by molar-refractivity contribution is 0.204. The van der Waals surface area contributed by atoms with Gasteiger partial charge in [-0.3, -0.25) is 0 Å². The molecule has 0 aliphatic heterocycles. The van der Waals surface area contributed by atoms with E-state index in [4.69, 9.17) is 0 Å². The van der Waals surface area contributed by atoms with Crippen molar-refractivity contribution in [1.29, 1.82) is 0 Å². The van der Waals surface area contributed by atoms with Crippen LogP contribution in [0.1, 0.15) is 50.7 Å². The van der Waals surface area contributed by atoms with Gasteiger partial charge in [-0.1, -0.05) is 54.8 Å². The normalized spacial score (nSPS) is 23.8. The molecule has 19 heavy (non-hydrogen) atoms. The van der Waals surface area contributed by atoms with Gasteiger partial charge in [0.1, 0.15) is 0 Å². The molecule has 2 atom stereocenters. The van der Waals surface area contributed by atoms with Crippen LogP contribution in [0.25, 0.3) is 0 Å². The number of halogens is 1. The van der Waals surface area contributed by atoms with Crippen LogP contribution in [0.3, 0.4) is 0 Å². The van der Waals surface area contributed by atoms with E-state index in [2.05, 4.69) is 60.2 Å². The SMILES string of the molecule is Cc1ccc(CNC2CCCCC2C(C)C)cc1Br. The van der Waals surface area contributed by atoms with E-state index in [-0.39, 0.29) is 0 Å². The first kappa shape index (κ1) is 15.1. The molecule has 0 bridgehead atoms. The maximum absolute atomic E-state index is 3.80. The Kier molecular flexibility index (Phi) is 5.47. The summed E-state index contributed by atoms with van der Waals surface area (Å²) in [6.07, 6.45) is 5.54. The number of hydrogen-bond donors (Lipinski definition) is 1. The molecule has 1 saturated carbocycles. The summed E-state index contributed by atoms with van der Waals surface area (Å²) in [5.41, 5.74) is 2.69. The Morgan fingerprint density at radius 3 is 2.68 bits per heavy atom. The largest absolute Gasteiger partial charge is 0.310 e. The van der Waals surface area contributed by atoms with Crippen LogP contribution < -0.4 is 5.32 Å². The maximum Gasteiger partial charge on any atom is 0.0208 e. The van der Waals surface area contributed by atoms with Gasteiger partial charge in [-0.15, -0.1) is 0 Å². The highest BCUT2D eigenvalue weighted by molar-refractivity contribution is 9.10. The van der Waals surface area contributed by atoms with Crippen LogP contribution >= 0.6 is 15.9 Å². The summed E-state index contributed by atoms with van der Waals surface area (Å²) in [5, 5.41) is 3.80. The molecule has 1 aromatic rings. The van der Waals surface area contributed by atoms with Crippen molar-refractivity contribution in [2.75, 3.05) is 0 Å². The number of nitrogens with one attached hydrogen (secondary N) is 1. The van der Waals surface area contributed by atoms with Crippen molar-refractivity contribution in [2.24, 2.45) is 11.8 Å². The molecule has 1 aliphatic rings. The van der Waals surface area contributed by atoms with E-state index in [1.807, 2.05) is 0 Å². The van der Waals surface area contributed by atoms with Crippen molar-refractivity contribution in [3.05, 3.63) is 33.8 Å². The molecule has 0 aromatic heterocycles. The van der Waals surface area contributed by atoms with Gasteiger partial charge < -0.3 is 5.32 Å². The predicted octanol–water partition coefficient (Wildman–Crippen LogP) is 5.06. The summed E-state index contributed by atoms with van der Waals surface area (Å²) in [6.45, 7) is 7.87. The van der Waals surface area contributed by atoms with Crippen LogP contribution in [0, 0.1) is 18.8 Å². The first-order valence-electron chi connectivity index (χ1n) is 7.56. The fourth-order valence-corrected chi connectivity index (χ4v) is 3.63. The molecule has 1 N–H and O–H groups in total. The molecule has 1 fully saturated rings. The molecule has 0 radical (unpaired) electrons. The highest BCUT2D eigenvalue weighted by Gasteiger charge is 2.26. The highest BCUT2D eigenvalue weighted by Crippen LogP contribution is 2.30. The molecule has 1 aromatic carbocycles. The number of benzene rings is 1. The first-order valence-corrected chi connectivity index (χ1v) is 8.35. The molecule has 1 nitrogen and oxygen atoms in total. The summed E-state index contributed by atoms with van der Waals surface area (Å²) in [4.78, 5) is 0. The second-order valence-corrected chi connectivity index (χ2v) is 7.12. The van der Waals surface area contributed by atoms with Gasteiger partial charge in [0.2, 0.25) is 0 Å². The van der Waals surface area contributed by atoms with E-state index in [0.717, 1.165) is 18.4 Å². The van der Waals surface area contributed by atoms with E-state index in [1.54, 1.807) is 0 Å². The van der Waals surface area contributed by atoms with Gasteiger partial charge in [0.05, 0.1) is 0 Å². The molecule has 0 amide bonds. The van der Waals surface area contributed by atoms with Crippen LogP contribution in [0.5, 0.6) is 0 Å². The van der Waals surface area contributed by atoms with Gasteiger partial charge in [0, 0.05) is 17.1 Å². The lowest BCUT2D eigenvalue weighted by Gasteiger charge is -2.35. The van der Waals surface area contributed by atoms with Crippen LogP contribution in [-0.2, 0) is 6.54 Å². The molecule has 2 unspecified atom stereocenters. The van der Waals surface area contributed by atoms with Gasteiger partial charge >= 0.3 is 0 Å². The molecule has 1 aliphatic carbocycles. The average molecular weight is 324 g/mol. The fraction of sp³-hybridized carbons (Fsp3) is 0.647. The third-order valence-corrected chi connectivity index (χ3v) is 5.33. The minimum atomic E-state index is 0.703. The zero-order chi connectivity index (χ0) is 13.8. The summed E-state index contributed by atoms with van der Waals surface area (Å²) in [6, 6.07) is 7.38. The Balaban J connectivity index is 1.94. The summed E-state index contributed by atoms with van der Waals surface area (Å²) in [5.74, 6) is 1.64. The minimum absolute atomic E-state index is 0.703. The fourth-order valence-electron chi connectivity index (χ4n) is 3.21. The first-order chi connectivity index (χ1) is 9.08. The van der Waals surface area contributed by atoms with Gasteiger partial charge in [0.25, 0.3) is 0 Å². The Morgan fingerprint density at radius 1 is 1.26 bits per heavy atom. The molecule has 2 rings (SSSR count). The molecule has 0 spiro atoms. The van der Waals surface area contributed by atoms with Crippen LogP contribution in [0.15, 0.2) is 22.7 Å². The topological polar surface area (TPSA) is 12.0 Å². The quantitative estimate of drug-likeness (QED) is 0.816. The van der Waals surface area contributed by atoms with E-state index in [0.29, 0.717) is 6.04 Å². The van der Waals surface area contributed by atoms with Crippen molar-refractivity contribution in [1.82, 2.24) is 5.32 Å². The lowest BCUT2D eigenvalue weighted by atomic mass is 9.78. The second-order valence-electron chi connectivity index (χ2n) is 6.26. The maximum atomic E-state index is 3.80. The minimum Gasteiger partial charge on any atom is -0.310 e. The van der Waals surface area contributed by atoms with Crippen molar-refractivity contribution in [3.63, 3.8) is 0 Å². The molecule has 2 heteroatoms. The van der Waals surface area contributed by atoms with Gasteiger partial charge in [0.15, 0.2) is 0 Å². The van der Waals surface area contributed by atoms with Gasteiger partial charge in [-0.2, -0.15) is 0 Å². The van der Waals surface area contributed by atoms with Crippen molar-refractivity contribution in [2.45, 2.75) is 59.0 Å². The van der Waals surface area contributed by atoms with E-state index >= 15 is 0 Å². The van der Waals surface area contributed by atoms with Crippen molar-refractivity contribution in [3.8, 4) is 0 Å². The second kappa shape index (κ2) is 6.90. The number of rotatable bonds is 4. The van der Waals surface area contributed by atoms with E-state index < -0.39 is 0 Å². The van der Waals surface area contributed by atoms with Gasteiger partial charge in [-0.25, -0.2) is 0 Å². The van der Waals surface area contributed by atoms with Crippen LogP contribution in [0.2, 0.25) is 0 Å². The predicted molar refractivity (Wildman–Crippen MR) is 86.3 cm³/mol. The Hall–Kier alpha value is -0.340. The molecular weight excluding hydrogens is 298 g/mol. The summed E-state index contributed by atoms with van der Waals surface area (Å²) < 4.78 is 1.22. The third-order valence-electron chi connectivity index (χ3n) is 4.48.